The normalized spacial score (nSPS) is 10.7. The Morgan fingerprint density at radius 2 is 1.83 bits per heavy atom. The summed E-state index contributed by atoms with van der Waals surface area (Å²) in [6.45, 7) is 8.11. The average Bonchev–Trinajstić information content (AvgIpc) is 2.50. The van der Waals surface area contributed by atoms with E-state index in [0.717, 1.165) is 16.9 Å². The summed E-state index contributed by atoms with van der Waals surface area (Å²) in [7, 11) is 0. The number of benzene rings is 2. The third kappa shape index (κ3) is 4.73. The molecule has 0 heterocycles. The highest BCUT2D eigenvalue weighted by molar-refractivity contribution is 6.31. The van der Waals surface area contributed by atoms with Gasteiger partial charge < -0.3 is 10.1 Å². The molecular weight excluding hydrogens is 310 g/mol. The zero-order valence-corrected chi connectivity index (χ0v) is 14.7. The fraction of sp³-hybridized carbons (Fsp3) is 0.316. The molecule has 0 fully saturated rings. The van der Waals surface area contributed by atoms with Crippen LogP contribution in [0.3, 0.4) is 0 Å². The van der Waals surface area contributed by atoms with Crippen LogP contribution in [0.2, 0.25) is 5.02 Å². The summed E-state index contributed by atoms with van der Waals surface area (Å²) in [5, 5.41) is 3.42. The van der Waals surface area contributed by atoms with E-state index in [4.69, 9.17) is 16.3 Å². The van der Waals surface area contributed by atoms with E-state index in [1.54, 1.807) is 12.1 Å². The molecule has 0 unspecified atom stereocenters. The predicted molar refractivity (Wildman–Crippen MR) is 95.6 cm³/mol. The Bertz CT molecular complexity index is 711. The van der Waals surface area contributed by atoms with Crippen molar-refractivity contribution in [2.45, 2.75) is 33.6 Å². The fourth-order valence-electron chi connectivity index (χ4n) is 2.19. The number of hydrogen-bond donors (Lipinski definition) is 1. The Hall–Kier alpha value is -2.00. The first kappa shape index (κ1) is 17.4. The Labute approximate surface area is 142 Å². The molecule has 0 bridgehead atoms. The minimum atomic E-state index is -0.204. The molecule has 0 aliphatic carbocycles. The van der Waals surface area contributed by atoms with Crippen LogP contribution in [0, 0.1) is 13.8 Å². The first-order valence-corrected chi connectivity index (χ1v) is 8.04. The second-order valence-corrected chi connectivity index (χ2v) is 6.41. The molecule has 0 atom stereocenters. The van der Waals surface area contributed by atoms with Crippen molar-refractivity contribution in [1.29, 1.82) is 0 Å². The van der Waals surface area contributed by atoms with Crippen LogP contribution in [0.4, 0.5) is 5.69 Å². The lowest BCUT2D eigenvalue weighted by molar-refractivity contribution is -0.118. The smallest absolute Gasteiger partial charge is 0.262 e. The molecule has 4 heteroatoms. The third-order valence-corrected chi connectivity index (χ3v) is 3.95. The zero-order valence-electron chi connectivity index (χ0n) is 13.9. The van der Waals surface area contributed by atoms with Gasteiger partial charge in [-0.25, -0.2) is 0 Å². The summed E-state index contributed by atoms with van der Waals surface area (Å²) in [4.78, 5) is 12.1. The second-order valence-electron chi connectivity index (χ2n) is 5.98. The van der Waals surface area contributed by atoms with Crippen LogP contribution in [0.25, 0.3) is 0 Å². The lowest BCUT2D eigenvalue weighted by Gasteiger charge is -2.13. The molecular formula is C19H22ClNO2. The maximum Gasteiger partial charge on any atom is 0.262 e. The second kappa shape index (κ2) is 7.51. The fourth-order valence-corrected chi connectivity index (χ4v) is 2.36. The van der Waals surface area contributed by atoms with E-state index in [-0.39, 0.29) is 12.5 Å². The summed E-state index contributed by atoms with van der Waals surface area (Å²) in [5.41, 5.74) is 3.87. The van der Waals surface area contributed by atoms with Crippen LogP contribution in [-0.2, 0) is 4.79 Å². The van der Waals surface area contributed by atoms with E-state index in [2.05, 4.69) is 25.2 Å². The number of hydrogen-bond acceptors (Lipinski definition) is 2. The van der Waals surface area contributed by atoms with Gasteiger partial charge in [0.2, 0.25) is 0 Å². The van der Waals surface area contributed by atoms with Gasteiger partial charge in [0.05, 0.1) is 0 Å². The first-order valence-electron chi connectivity index (χ1n) is 7.66. The molecule has 1 amide bonds. The Kier molecular flexibility index (Phi) is 5.67. The van der Waals surface area contributed by atoms with Crippen molar-refractivity contribution in [2.75, 3.05) is 11.9 Å². The number of carbonyl (C=O) groups is 1. The predicted octanol–water partition coefficient (Wildman–Crippen LogP) is 5.10. The van der Waals surface area contributed by atoms with Crippen LogP contribution in [0.1, 0.15) is 36.5 Å². The number of carbonyl (C=O) groups excluding carboxylic acids is 1. The van der Waals surface area contributed by atoms with Gasteiger partial charge >= 0.3 is 0 Å². The molecule has 2 rings (SSSR count). The number of halogens is 1. The van der Waals surface area contributed by atoms with Crippen molar-refractivity contribution in [1.82, 2.24) is 0 Å². The summed E-state index contributed by atoms with van der Waals surface area (Å²) < 4.78 is 5.69. The monoisotopic (exact) mass is 331 g/mol. The molecule has 1 N–H and O–H groups in total. The first-order chi connectivity index (χ1) is 10.9. The van der Waals surface area contributed by atoms with Crippen LogP contribution in [0.15, 0.2) is 36.4 Å². The summed E-state index contributed by atoms with van der Waals surface area (Å²) in [5.74, 6) is 0.958. The van der Waals surface area contributed by atoms with Crippen molar-refractivity contribution in [3.8, 4) is 5.75 Å². The van der Waals surface area contributed by atoms with Crippen molar-refractivity contribution >= 4 is 23.2 Å². The van der Waals surface area contributed by atoms with Crippen LogP contribution >= 0.6 is 11.6 Å². The molecule has 0 aromatic heterocycles. The number of ether oxygens (including phenoxy) is 1. The molecule has 23 heavy (non-hydrogen) atoms. The Balaban J connectivity index is 2.02. The van der Waals surface area contributed by atoms with Crippen molar-refractivity contribution < 1.29 is 9.53 Å². The molecule has 0 saturated heterocycles. The van der Waals surface area contributed by atoms with Crippen LogP contribution < -0.4 is 10.1 Å². The van der Waals surface area contributed by atoms with Gasteiger partial charge in [-0.2, -0.15) is 0 Å². The van der Waals surface area contributed by atoms with Crippen LogP contribution in [-0.4, -0.2) is 12.5 Å². The lowest BCUT2D eigenvalue weighted by Crippen LogP contribution is -2.21. The van der Waals surface area contributed by atoms with Crippen molar-refractivity contribution in [2.24, 2.45) is 0 Å². The maximum absolute atomic E-state index is 12.1. The van der Waals surface area contributed by atoms with Gasteiger partial charge in [0.15, 0.2) is 6.61 Å². The quantitative estimate of drug-likeness (QED) is 0.828. The Morgan fingerprint density at radius 1 is 1.13 bits per heavy atom. The maximum atomic E-state index is 12.1. The number of aryl methyl sites for hydroxylation is 2. The van der Waals surface area contributed by atoms with E-state index < -0.39 is 0 Å². The van der Waals surface area contributed by atoms with Gasteiger partial charge in [-0.1, -0.05) is 43.6 Å². The largest absolute Gasteiger partial charge is 0.483 e. The summed E-state index contributed by atoms with van der Waals surface area (Å²) in [6, 6.07) is 11.5. The van der Waals surface area contributed by atoms with E-state index in [9.17, 15) is 4.79 Å². The number of anilines is 1. The van der Waals surface area contributed by atoms with Gasteiger partial charge in [0.1, 0.15) is 5.75 Å². The zero-order chi connectivity index (χ0) is 17.0. The molecule has 2 aromatic carbocycles. The highest BCUT2D eigenvalue weighted by Gasteiger charge is 2.09. The van der Waals surface area contributed by atoms with Gasteiger partial charge in [0.25, 0.3) is 5.91 Å². The number of amides is 1. The minimum absolute atomic E-state index is 0.0334. The van der Waals surface area contributed by atoms with Gasteiger partial charge in [-0.05, 0) is 54.7 Å². The minimum Gasteiger partial charge on any atom is -0.483 e. The molecule has 0 radical (unpaired) electrons. The average molecular weight is 332 g/mol. The Morgan fingerprint density at radius 3 is 2.52 bits per heavy atom. The molecule has 0 aliphatic rings. The van der Waals surface area contributed by atoms with E-state index >= 15 is 0 Å². The number of rotatable bonds is 5. The van der Waals surface area contributed by atoms with Crippen LogP contribution in [0.5, 0.6) is 5.75 Å². The van der Waals surface area contributed by atoms with Gasteiger partial charge in [0, 0.05) is 10.7 Å². The lowest BCUT2D eigenvalue weighted by atomic mass is 10.0. The number of nitrogens with one attached hydrogen (secondary N) is 1. The van der Waals surface area contributed by atoms with Gasteiger partial charge in [-0.3, -0.25) is 4.79 Å². The topological polar surface area (TPSA) is 38.3 Å². The molecule has 0 aliphatic heterocycles. The molecule has 0 saturated carbocycles. The molecule has 2 aromatic rings. The van der Waals surface area contributed by atoms with E-state index in [0.29, 0.717) is 16.6 Å². The SMILES string of the molecule is Cc1ccc(Cl)cc1NC(=O)COc1cc(C(C)C)ccc1C. The molecule has 0 spiro atoms. The third-order valence-electron chi connectivity index (χ3n) is 3.71. The van der Waals surface area contributed by atoms with Crippen molar-refractivity contribution in [3.63, 3.8) is 0 Å². The van der Waals surface area contributed by atoms with E-state index in [1.165, 1.54) is 5.56 Å². The summed E-state index contributed by atoms with van der Waals surface area (Å²) >= 11 is 5.96. The molecule has 3 nitrogen and oxygen atoms in total. The standard InChI is InChI=1S/C19H22ClNO2/c1-12(2)15-7-5-14(4)18(9-15)23-11-19(22)21-17-10-16(20)8-6-13(17)3/h5-10,12H,11H2,1-4H3,(H,21,22). The molecule has 122 valence electrons. The van der Waals surface area contributed by atoms with Crippen molar-refractivity contribution in [3.05, 3.63) is 58.1 Å². The highest BCUT2D eigenvalue weighted by atomic mass is 35.5. The van der Waals surface area contributed by atoms with E-state index in [1.807, 2.05) is 32.0 Å². The highest BCUT2D eigenvalue weighted by Crippen LogP contribution is 2.24. The van der Waals surface area contributed by atoms with Gasteiger partial charge in [-0.15, -0.1) is 0 Å². The summed E-state index contributed by atoms with van der Waals surface area (Å²) in [6.07, 6.45) is 0.